The van der Waals surface area contributed by atoms with E-state index >= 15 is 0 Å². The first-order valence-electron chi connectivity index (χ1n) is 7.00. The fraction of sp³-hybridized carbons (Fsp3) is 0.222. The Hall–Kier alpha value is -1.64. The number of rotatable bonds is 4. The molecule has 2 heteroatoms. The van der Waals surface area contributed by atoms with Gasteiger partial charge in [-0.15, -0.1) is 11.3 Å². The van der Waals surface area contributed by atoms with Crippen LogP contribution in [0.15, 0.2) is 53.9 Å². The standard InChI is InChI=1S/C18H18OS/c1-2-13-7-3-4-8-15(13)17(19)11-14-12-20-18-10-6-5-9-16(14)18/h3-10,12,17,19H,2,11H2,1H3. The third-order valence-electron chi connectivity index (χ3n) is 3.77. The van der Waals surface area contributed by atoms with Gasteiger partial charge in [0.15, 0.2) is 0 Å². The molecule has 0 saturated heterocycles. The first-order valence-corrected chi connectivity index (χ1v) is 7.88. The molecule has 0 aliphatic carbocycles. The van der Waals surface area contributed by atoms with Crippen molar-refractivity contribution in [2.24, 2.45) is 0 Å². The largest absolute Gasteiger partial charge is 0.388 e. The highest BCUT2D eigenvalue weighted by atomic mass is 32.1. The van der Waals surface area contributed by atoms with Crippen molar-refractivity contribution in [2.45, 2.75) is 25.9 Å². The summed E-state index contributed by atoms with van der Waals surface area (Å²) >= 11 is 1.75. The van der Waals surface area contributed by atoms with Crippen LogP contribution in [-0.4, -0.2) is 5.11 Å². The average molecular weight is 282 g/mol. The zero-order valence-electron chi connectivity index (χ0n) is 11.5. The van der Waals surface area contributed by atoms with Gasteiger partial charge in [-0.1, -0.05) is 49.4 Å². The Morgan fingerprint density at radius 3 is 2.60 bits per heavy atom. The lowest BCUT2D eigenvalue weighted by atomic mass is 9.96. The van der Waals surface area contributed by atoms with Crippen LogP contribution >= 0.6 is 11.3 Å². The van der Waals surface area contributed by atoms with Gasteiger partial charge in [0, 0.05) is 11.1 Å². The van der Waals surface area contributed by atoms with Crippen LogP contribution in [0, 0.1) is 0 Å². The summed E-state index contributed by atoms with van der Waals surface area (Å²) in [7, 11) is 0. The molecule has 102 valence electrons. The Morgan fingerprint density at radius 1 is 1.00 bits per heavy atom. The summed E-state index contributed by atoms with van der Waals surface area (Å²) in [5.41, 5.74) is 3.54. The zero-order valence-corrected chi connectivity index (χ0v) is 12.4. The highest BCUT2D eigenvalue weighted by Crippen LogP contribution is 2.30. The van der Waals surface area contributed by atoms with Crippen molar-refractivity contribution in [2.75, 3.05) is 0 Å². The lowest BCUT2D eigenvalue weighted by molar-refractivity contribution is 0.178. The summed E-state index contributed by atoms with van der Waals surface area (Å²) in [6, 6.07) is 16.6. The van der Waals surface area contributed by atoms with Gasteiger partial charge >= 0.3 is 0 Å². The van der Waals surface area contributed by atoms with E-state index in [-0.39, 0.29) is 0 Å². The van der Waals surface area contributed by atoms with Crippen molar-refractivity contribution in [1.29, 1.82) is 0 Å². The molecule has 2 aromatic carbocycles. The second-order valence-electron chi connectivity index (χ2n) is 5.03. The van der Waals surface area contributed by atoms with Crippen molar-refractivity contribution >= 4 is 21.4 Å². The van der Waals surface area contributed by atoms with E-state index in [4.69, 9.17) is 0 Å². The van der Waals surface area contributed by atoms with Crippen LogP contribution in [0.25, 0.3) is 10.1 Å². The maximum Gasteiger partial charge on any atom is 0.0833 e. The summed E-state index contributed by atoms with van der Waals surface area (Å²) in [5.74, 6) is 0. The maximum absolute atomic E-state index is 10.6. The van der Waals surface area contributed by atoms with Gasteiger partial charge in [-0.25, -0.2) is 0 Å². The number of hydrogen-bond donors (Lipinski definition) is 1. The Bertz CT molecular complexity index is 714. The van der Waals surface area contributed by atoms with E-state index in [0.29, 0.717) is 6.42 Å². The van der Waals surface area contributed by atoms with Crippen LogP contribution < -0.4 is 0 Å². The van der Waals surface area contributed by atoms with Crippen molar-refractivity contribution in [3.63, 3.8) is 0 Å². The zero-order chi connectivity index (χ0) is 13.9. The molecule has 0 aliphatic heterocycles. The van der Waals surface area contributed by atoms with E-state index in [9.17, 15) is 5.11 Å². The Balaban J connectivity index is 1.90. The predicted molar refractivity (Wildman–Crippen MR) is 86.3 cm³/mol. The maximum atomic E-state index is 10.6. The number of aryl methyl sites for hydroxylation is 1. The Labute approximate surface area is 123 Å². The van der Waals surface area contributed by atoms with Crippen molar-refractivity contribution in [3.05, 3.63) is 70.6 Å². The molecule has 1 nitrogen and oxygen atoms in total. The molecule has 20 heavy (non-hydrogen) atoms. The fourth-order valence-electron chi connectivity index (χ4n) is 2.69. The molecule has 1 heterocycles. The summed E-state index contributed by atoms with van der Waals surface area (Å²) in [4.78, 5) is 0. The van der Waals surface area contributed by atoms with Crippen molar-refractivity contribution in [3.8, 4) is 0 Å². The monoisotopic (exact) mass is 282 g/mol. The second kappa shape index (κ2) is 5.78. The van der Waals surface area contributed by atoms with E-state index in [2.05, 4.69) is 42.6 Å². The number of benzene rings is 2. The fourth-order valence-corrected chi connectivity index (χ4v) is 3.67. The van der Waals surface area contributed by atoms with E-state index in [1.165, 1.54) is 21.2 Å². The van der Waals surface area contributed by atoms with Crippen molar-refractivity contribution in [1.82, 2.24) is 0 Å². The highest BCUT2D eigenvalue weighted by Gasteiger charge is 2.14. The molecule has 0 radical (unpaired) electrons. The third kappa shape index (κ3) is 2.49. The summed E-state index contributed by atoms with van der Waals surface area (Å²) in [6.07, 6.45) is 1.21. The first kappa shape index (κ1) is 13.3. The van der Waals surface area contributed by atoms with Gasteiger partial charge in [-0.2, -0.15) is 0 Å². The van der Waals surface area contributed by atoms with Crippen LogP contribution in [0.1, 0.15) is 29.7 Å². The van der Waals surface area contributed by atoms with Crippen LogP contribution in [0.4, 0.5) is 0 Å². The van der Waals surface area contributed by atoms with Gasteiger partial charge in [0.05, 0.1) is 6.10 Å². The minimum Gasteiger partial charge on any atom is -0.388 e. The smallest absolute Gasteiger partial charge is 0.0833 e. The molecule has 0 saturated carbocycles. The Kier molecular flexibility index (Phi) is 3.86. The summed E-state index contributed by atoms with van der Waals surface area (Å²) < 4.78 is 1.29. The van der Waals surface area contributed by atoms with E-state index in [1.807, 2.05) is 18.2 Å². The van der Waals surface area contributed by atoms with E-state index in [0.717, 1.165) is 12.0 Å². The number of aliphatic hydroxyl groups excluding tert-OH is 1. The summed E-state index contributed by atoms with van der Waals surface area (Å²) in [5, 5.41) is 14.0. The van der Waals surface area contributed by atoms with Crippen LogP contribution in [0.2, 0.25) is 0 Å². The van der Waals surface area contributed by atoms with Gasteiger partial charge in [0.25, 0.3) is 0 Å². The molecule has 3 rings (SSSR count). The number of fused-ring (bicyclic) bond motifs is 1. The molecule has 1 aromatic heterocycles. The minimum atomic E-state index is -0.427. The van der Waals surface area contributed by atoms with Crippen LogP contribution in [0.5, 0.6) is 0 Å². The van der Waals surface area contributed by atoms with Gasteiger partial charge in [-0.05, 0) is 39.9 Å². The lowest BCUT2D eigenvalue weighted by Crippen LogP contribution is -2.04. The molecular weight excluding hydrogens is 264 g/mol. The molecule has 0 bridgehead atoms. The van der Waals surface area contributed by atoms with Gasteiger partial charge < -0.3 is 5.11 Å². The molecule has 0 aliphatic rings. The SMILES string of the molecule is CCc1ccccc1C(O)Cc1csc2ccccc12. The van der Waals surface area contributed by atoms with E-state index in [1.54, 1.807) is 11.3 Å². The molecular formula is C18H18OS. The second-order valence-corrected chi connectivity index (χ2v) is 5.94. The van der Waals surface area contributed by atoms with Gasteiger partial charge in [0.1, 0.15) is 0 Å². The predicted octanol–water partition coefficient (Wildman–Crippen LogP) is 4.74. The van der Waals surface area contributed by atoms with Gasteiger partial charge in [-0.3, -0.25) is 0 Å². The quantitative estimate of drug-likeness (QED) is 0.733. The Morgan fingerprint density at radius 2 is 1.75 bits per heavy atom. The molecule has 0 fully saturated rings. The average Bonchev–Trinajstić information content (AvgIpc) is 2.90. The highest BCUT2D eigenvalue weighted by molar-refractivity contribution is 7.17. The third-order valence-corrected chi connectivity index (χ3v) is 4.78. The number of hydrogen-bond acceptors (Lipinski definition) is 2. The van der Waals surface area contributed by atoms with Gasteiger partial charge in [0.2, 0.25) is 0 Å². The molecule has 0 amide bonds. The summed E-state index contributed by atoms with van der Waals surface area (Å²) in [6.45, 7) is 2.13. The molecule has 1 unspecified atom stereocenters. The normalized spacial score (nSPS) is 12.7. The molecule has 1 N–H and O–H groups in total. The molecule has 3 aromatic rings. The van der Waals surface area contributed by atoms with Crippen LogP contribution in [-0.2, 0) is 12.8 Å². The van der Waals surface area contributed by atoms with Crippen molar-refractivity contribution < 1.29 is 5.11 Å². The number of thiophene rings is 1. The first-order chi connectivity index (χ1) is 9.79. The van der Waals surface area contributed by atoms with Crippen LogP contribution in [0.3, 0.4) is 0 Å². The lowest BCUT2D eigenvalue weighted by Gasteiger charge is -2.14. The topological polar surface area (TPSA) is 20.2 Å². The minimum absolute atomic E-state index is 0.427. The number of aliphatic hydroxyl groups is 1. The molecule has 1 atom stereocenters. The van der Waals surface area contributed by atoms with E-state index < -0.39 is 6.10 Å². The molecule has 0 spiro atoms.